The van der Waals surface area contributed by atoms with E-state index in [1.54, 1.807) is 0 Å². The zero-order chi connectivity index (χ0) is 11.5. The van der Waals surface area contributed by atoms with Gasteiger partial charge in [0.15, 0.2) is 0 Å². The maximum atomic E-state index is 4.30. The van der Waals surface area contributed by atoms with Crippen molar-refractivity contribution in [2.45, 2.75) is 26.9 Å². The zero-order valence-electron chi connectivity index (χ0n) is 9.94. The SMILES string of the molecule is CCn1ccnc1NCc1cn(C)nc1C. The van der Waals surface area contributed by atoms with Crippen LogP contribution in [0.2, 0.25) is 0 Å². The van der Waals surface area contributed by atoms with Gasteiger partial charge in [-0.25, -0.2) is 4.98 Å². The third-order valence-electron chi connectivity index (χ3n) is 2.61. The highest BCUT2D eigenvalue weighted by Crippen LogP contribution is 2.09. The number of anilines is 1. The quantitative estimate of drug-likeness (QED) is 0.848. The van der Waals surface area contributed by atoms with Gasteiger partial charge in [0.1, 0.15) is 0 Å². The molecule has 2 heterocycles. The van der Waals surface area contributed by atoms with Crippen molar-refractivity contribution in [2.24, 2.45) is 7.05 Å². The molecule has 5 nitrogen and oxygen atoms in total. The largest absolute Gasteiger partial charge is 0.351 e. The van der Waals surface area contributed by atoms with Gasteiger partial charge in [0, 0.05) is 44.3 Å². The Hall–Kier alpha value is -1.78. The van der Waals surface area contributed by atoms with Crippen LogP contribution in [0.5, 0.6) is 0 Å². The molecule has 0 saturated carbocycles. The van der Waals surface area contributed by atoms with Crippen LogP contribution in [0.1, 0.15) is 18.2 Å². The van der Waals surface area contributed by atoms with Gasteiger partial charge in [-0.3, -0.25) is 4.68 Å². The van der Waals surface area contributed by atoms with Gasteiger partial charge in [-0.15, -0.1) is 0 Å². The molecule has 0 aliphatic heterocycles. The van der Waals surface area contributed by atoms with Gasteiger partial charge < -0.3 is 9.88 Å². The summed E-state index contributed by atoms with van der Waals surface area (Å²) in [6.45, 7) is 5.80. The Kier molecular flexibility index (Phi) is 2.94. The lowest BCUT2D eigenvalue weighted by molar-refractivity contribution is 0.756. The second-order valence-electron chi connectivity index (χ2n) is 3.80. The first-order valence-electron chi connectivity index (χ1n) is 5.45. The monoisotopic (exact) mass is 219 g/mol. The van der Waals surface area contributed by atoms with Crippen LogP contribution in [0.25, 0.3) is 0 Å². The summed E-state index contributed by atoms with van der Waals surface area (Å²) in [5.41, 5.74) is 2.26. The molecule has 2 aromatic rings. The molecule has 1 N–H and O–H groups in total. The lowest BCUT2D eigenvalue weighted by Gasteiger charge is -2.06. The average Bonchev–Trinajstić information content (AvgIpc) is 2.81. The van der Waals surface area contributed by atoms with Crippen LogP contribution in [0.3, 0.4) is 0 Å². The highest BCUT2D eigenvalue weighted by Gasteiger charge is 2.04. The van der Waals surface area contributed by atoms with E-state index in [1.807, 2.05) is 37.2 Å². The zero-order valence-corrected chi connectivity index (χ0v) is 9.94. The van der Waals surface area contributed by atoms with Crippen molar-refractivity contribution in [2.75, 3.05) is 5.32 Å². The molecule has 0 radical (unpaired) electrons. The number of rotatable bonds is 4. The number of nitrogens with one attached hydrogen (secondary N) is 1. The highest BCUT2D eigenvalue weighted by atomic mass is 15.3. The first kappa shape index (κ1) is 10.7. The van der Waals surface area contributed by atoms with Gasteiger partial charge in [-0.05, 0) is 13.8 Å². The van der Waals surface area contributed by atoms with Gasteiger partial charge in [-0.1, -0.05) is 0 Å². The number of aromatic nitrogens is 4. The van der Waals surface area contributed by atoms with E-state index >= 15 is 0 Å². The van der Waals surface area contributed by atoms with Crippen molar-refractivity contribution in [3.05, 3.63) is 29.8 Å². The second-order valence-corrected chi connectivity index (χ2v) is 3.80. The standard InChI is InChI=1S/C11H17N5/c1-4-16-6-5-12-11(16)13-7-10-8-15(3)14-9(10)2/h5-6,8H,4,7H2,1-3H3,(H,12,13). The smallest absolute Gasteiger partial charge is 0.203 e. The van der Waals surface area contributed by atoms with E-state index in [2.05, 4.69) is 26.9 Å². The van der Waals surface area contributed by atoms with Crippen LogP contribution in [-0.4, -0.2) is 19.3 Å². The maximum absolute atomic E-state index is 4.30. The van der Waals surface area contributed by atoms with Crippen molar-refractivity contribution >= 4 is 5.95 Å². The third kappa shape index (κ3) is 2.08. The molecule has 0 spiro atoms. The van der Waals surface area contributed by atoms with E-state index in [-0.39, 0.29) is 0 Å². The van der Waals surface area contributed by atoms with Crippen LogP contribution in [-0.2, 0) is 20.1 Å². The number of aryl methyl sites for hydroxylation is 3. The molecule has 0 bridgehead atoms. The van der Waals surface area contributed by atoms with Crippen molar-refractivity contribution < 1.29 is 0 Å². The molecule has 2 rings (SSSR count). The number of imidazole rings is 1. The summed E-state index contributed by atoms with van der Waals surface area (Å²) in [6, 6.07) is 0. The molecular weight excluding hydrogens is 202 g/mol. The van der Waals surface area contributed by atoms with Gasteiger partial charge >= 0.3 is 0 Å². The summed E-state index contributed by atoms with van der Waals surface area (Å²) in [6.07, 6.45) is 5.81. The molecule has 0 amide bonds. The minimum Gasteiger partial charge on any atom is -0.351 e. The summed E-state index contributed by atoms with van der Waals surface area (Å²) in [4.78, 5) is 4.26. The Morgan fingerprint density at radius 2 is 2.25 bits per heavy atom. The van der Waals surface area contributed by atoms with Crippen LogP contribution in [0, 0.1) is 6.92 Å². The van der Waals surface area contributed by atoms with E-state index in [0.29, 0.717) is 0 Å². The van der Waals surface area contributed by atoms with Crippen molar-refractivity contribution in [3.63, 3.8) is 0 Å². The molecule has 0 atom stereocenters. The molecule has 86 valence electrons. The van der Waals surface area contributed by atoms with Crippen molar-refractivity contribution in [1.82, 2.24) is 19.3 Å². The number of nitrogens with zero attached hydrogens (tertiary/aromatic N) is 4. The van der Waals surface area contributed by atoms with E-state index < -0.39 is 0 Å². The molecule has 0 aliphatic rings. The average molecular weight is 219 g/mol. The maximum Gasteiger partial charge on any atom is 0.203 e. The Morgan fingerprint density at radius 1 is 1.44 bits per heavy atom. The summed E-state index contributed by atoms with van der Waals surface area (Å²) in [5, 5.41) is 7.62. The Labute approximate surface area is 95.1 Å². The van der Waals surface area contributed by atoms with E-state index in [0.717, 1.165) is 24.7 Å². The normalized spacial score (nSPS) is 10.7. The van der Waals surface area contributed by atoms with Gasteiger partial charge in [0.2, 0.25) is 5.95 Å². The summed E-state index contributed by atoms with van der Waals surface area (Å²) in [5.74, 6) is 0.908. The first-order valence-corrected chi connectivity index (χ1v) is 5.45. The predicted octanol–water partition coefficient (Wildman–Crippen LogP) is 1.56. The Morgan fingerprint density at radius 3 is 2.88 bits per heavy atom. The van der Waals surface area contributed by atoms with Crippen LogP contribution in [0.15, 0.2) is 18.6 Å². The Balaban J connectivity index is 2.05. The lowest BCUT2D eigenvalue weighted by atomic mass is 10.3. The summed E-state index contributed by atoms with van der Waals surface area (Å²) < 4.78 is 3.91. The van der Waals surface area contributed by atoms with Crippen molar-refractivity contribution in [1.29, 1.82) is 0 Å². The molecule has 0 unspecified atom stereocenters. The fourth-order valence-electron chi connectivity index (χ4n) is 1.73. The lowest BCUT2D eigenvalue weighted by Crippen LogP contribution is -2.06. The summed E-state index contributed by atoms with van der Waals surface area (Å²) >= 11 is 0. The third-order valence-corrected chi connectivity index (χ3v) is 2.61. The molecule has 16 heavy (non-hydrogen) atoms. The van der Waals surface area contributed by atoms with Gasteiger partial charge in [0.05, 0.1) is 5.69 Å². The minimum absolute atomic E-state index is 0.761. The van der Waals surface area contributed by atoms with Gasteiger partial charge in [0.25, 0.3) is 0 Å². The molecular formula is C11H17N5. The second kappa shape index (κ2) is 4.38. The highest BCUT2D eigenvalue weighted by molar-refractivity contribution is 5.29. The molecule has 0 aromatic carbocycles. The Bertz CT molecular complexity index is 468. The topological polar surface area (TPSA) is 47.7 Å². The number of hydrogen-bond acceptors (Lipinski definition) is 3. The molecule has 5 heteroatoms. The number of hydrogen-bond donors (Lipinski definition) is 1. The van der Waals surface area contributed by atoms with E-state index in [9.17, 15) is 0 Å². The molecule has 0 fully saturated rings. The van der Waals surface area contributed by atoms with Crippen LogP contribution in [0.4, 0.5) is 5.95 Å². The van der Waals surface area contributed by atoms with Crippen LogP contribution >= 0.6 is 0 Å². The van der Waals surface area contributed by atoms with E-state index in [4.69, 9.17) is 0 Å². The van der Waals surface area contributed by atoms with E-state index in [1.165, 1.54) is 5.56 Å². The molecule has 0 aliphatic carbocycles. The molecule has 0 saturated heterocycles. The van der Waals surface area contributed by atoms with Gasteiger partial charge in [-0.2, -0.15) is 5.10 Å². The summed E-state index contributed by atoms with van der Waals surface area (Å²) in [7, 11) is 1.93. The minimum atomic E-state index is 0.761. The molecule has 2 aromatic heterocycles. The fraction of sp³-hybridized carbons (Fsp3) is 0.455. The predicted molar refractivity (Wildman–Crippen MR) is 63.2 cm³/mol. The van der Waals surface area contributed by atoms with Crippen LogP contribution < -0.4 is 5.32 Å². The van der Waals surface area contributed by atoms with Crippen molar-refractivity contribution in [3.8, 4) is 0 Å². The fourth-order valence-corrected chi connectivity index (χ4v) is 1.73. The first-order chi connectivity index (χ1) is 7.70.